The molecule has 0 spiro atoms. The van der Waals surface area contributed by atoms with Crippen molar-refractivity contribution in [3.05, 3.63) is 17.8 Å². The number of hydrogen-bond acceptors (Lipinski definition) is 4. The third kappa shape index (κ3) is 5.56. The van der Waals surface area contributed by atoms with Gasteiger partial charge in [-0.3, -0.25) is 9.59 Å². The van der Waals surface area contributed by atoms with Crippen LogP contribution in [-0.4, -0.2) is 33.8 Å². The van der Waals surface area contributed by atoms with Gasteiger partial charge >= 0.3 is 0 Å². The molecule has 1 heterocycles. The van der Waals surface area contributed by atoms with Gasteiger partial charge in [0, 0.05) is 18.5 Å². The number of oxazole rings is 1. The van der Waals surface area contributed by atoms with Crippen LogP contribution in [0.3, 0.4) is 0 Å². The van der Waals surface area contributed by atoms with E-state index in [0.29, 0.717) is 24.6 Å². The summed E-state index contributed by atoms with van der Waals surface area (Å²) in [5.41, 5.74) is 0.321. The standard InChI is InChI=1S/C21H33N3O3/c1-2-9-20(25)24(17-12-7-4-8-13-17)14-19-23-18(15-27-19)21(26)22-16-10-5-3-6-11-16/h15-17H,2-14H2,1H3,(H,22,26). The highest BCUT2D eigenvalue weighted by Crippen LogP contribution is 2.25. The van der Waals surface area contributed by atoms with Gasteiger partial charge in [0.05, 0.1) is 6.54 Å². The molecule has 2 aliphatic rings. The molecule has 2 fully saturated rings. The molecule has 1 N–H and O–H groups in total. The molecule has 2 amide bonds. The molecule has 1 aromatic rings. The van der Waals surface area contributed by atoms with Crippen molar-refractivity contribution in [3.63, 3.8) is 0 Å². The van der Waals surface area contributed by atoms with Crippen molar-refractivity contribution in [3.8, 4) is 0 Å². The van der Waals surface area contributed by atoms with Crippen LogP contribution < -0.4 is 5.32 Å². The van der Waals surface area contributed by atoms with Crippen LogP contribution in [0.2, 0.25) is 0 Å². The van der Waals surface area contributed by atoms with Crippen molar-refractivity contribution < 1.29 is 14.0 Å². The summed E-state index contributed by atoms with van der Waals surface area (Å²) in [6.07, 6.45) is 14.2. The smallest absolute Gasteiger partial charge is 0.273 e. The lowest BCUT2D eigenvalue weighted by molar-refractivity contribution is -0.135. The van der Waals surface area contributed by atoms with Gasteiger partial charge in [0.15, 0.2) is 5.69 Å². The van der Waals surface area contributed by atoms with Crippen molar-refractivity contribution in [1.29, 1.82) is 0 Å². The molecular weight excluding hydrogens is 342 g/mol. The first-order valence-electron chi connectivity index (χ1n) is 10.7. The number of carbonyl (C=O) groups is 2. The minimum absolute atomic E-state index is 0.163. The van der Waals surface area contributed by atoms with E-state index in [2.05, 4.69) is 10.3 Å². The number of amides is 2. The van der Waals surface area contributed by atoms with E-state index >= 15 is 0 Å². The first-order valence-corrected chi connectivity index (χ1v) is 10.7. The first kappa shape index (κ1) is 19.9. The van der Waals surface area contributed by atoms with Gasteiger partial charge in [-0.05, 0) is 32.1 Å². The van der Waals surface area contributed by atoms with Crippen molar-refractivity contribution in [1.82, 2.24) is 15.2 Å². The van der Waals surface area contributed by atoms with Crippen LogP contribution in [-0.2, 0) is 11.3 Å². The highest BCUT2D eigenvalue weighted by atomic mass is 16.3. The Balaban J connectivity index is 1.62. The van der Waals surface area contributed by atoms with Gasteiger partial charge in [-0.25, -0.2) is 4.98 Å². The van der Waals surface area contributed by atoms with Gasteiger partial charge < -0.3 is 14.6 Å². The Labute approximate surface area is 162 Å². The summed E-state index contributed by atoms with van der Waals surface area (Å²) in [5, 5.41) is 3.07. The largest absolute Gasteiger partial charge is 0.446 e. The number of carbonyl (C=O) groups excluding carboxylic acids is 2. The summed E-state index contributed by atoms with van der Waals surface area (Å²) in [6.45, 7) is 2.38. The molecule has 0 saturated heterocycles. The molecule has 6 nitrogen and oxygen atoms in total. The second-order valence-electron chi connectivity index (χ2n) is 8.00. The average Bonchev–Trinajstić information content (AvgIpc) is 3.17. The van der Waals surface area contributed by atoms with Crippen LogP contribution in [0.25, 0.3) is 0 Å². The maximum absolute atomic E-state index is 12.6. The Kier molecular flexibility index (Phi) is 7.30. The van der Waals surface area contributed by atoms with Crippen molar-refractivity contribution in [2.45, 2.75) is 103 Å². The van der Waals surface area contributed by atoms with Crippen molar-refractivity contribution in [2.24, 2.45) is 0 Å². The molecule has 2 saturated carbocycles. The lowest BCUT2D eigenvalue weighted by Gasteiger charge is -2.33. The minimum atomic E-state index is -0.166. The van der Waals surface area contributed by atoms with E-state index in [0.717, 1.165) is 32.1 Å². The zero-order valence-corrected chi connectivity index (χ0v) is 16.5. The lowest BCUT2D eigenvalue weighted by atomic mass is 9.94. The van der Waals surface area contributed by atoms with Gasteiger partial charge in [-0.2, -0.15) is 0 Å². The molecule has 0 atom stereocenters. The Hall–Kier alpha value is -1.85. The van der Waals surface area contributed by atoms with Crippen LogP contribution in [0.15, 0.2) is 10.7 Å². The summed E-state index contributed by atoms with van der Waals surface area (Å²) in [7, 11) is 0. The molecule has 0 aliphatic heterocycles. The monoisotopic (exact) mass is 375 g/mol. The minimum Gasteiger partial charge on any atom is -0.446 e. The summed E-state index contributed by atoms with van der Waals surface area (Å²) < 4.78 is 5.56. The molecule has 3 rings (SSSR count). The molecule has 27 heavy (non-hydrogen) atoms. The van der Waals surface area contributed by atoms with Crippen molar-refractivity contribution in [2.75, 3.05) is 0 Å². The molecule has 0 bridgehead atoms. The zero-order valence-electron chi connectivity index (χ0n) is 16.5. The Morgan fingerprint density at radius 2 is 1.78 bits per heavy atom. The predicted octanol–water partition coefficient (Wildman–Crippen LogP) is 4.20. The maximum Gasteiger partial charge on any atom is 0.273 e. The molecule has 0 unspecified atom stereocenters. The Morgan fingerprint density at radius 1 is 1.11 bits per heavy atom. The van der Waals surface area contributed by atoms with Crippen LogP contribution in [0.4, 0.5) is 0 Å². The van der Waals surface area contributed by atoms with Gasteiger partial charge in [0.1, 0.15) is 6.26 Å². The highest BCUT2D eigenvalue weighted by Gasteiger charge is 2.27. The predicted molar refractivity (Wildman–Crippen MR) is 103 cm³/mol. The van der Waals surface area contributed by atoms with Crippen LogP contribution in [0.1, 0.15) is 100 Å². The lowest BCUT2D eigenvalue weighted by Crippen LogP contribution is -2.41. The Morgan fingerprint density at radius 3 is 2.44 bits per heavy atom. The van der Waals surface area contributed by atoms with E-state index in [4.69, 9.17) is 4.42 Å². The first-order chi connectivity index (χ1) is 13.2. The fourth-order valence-corrected chi connectivity index (χ4v) is 4.31. The fraction of sp³-hybridized carbons (Fsp3) is 0.762. The van der Waals surface area contributed by atoms with E-state index < -0.39 is 0 Å². The maximum atomic E-state index is 12.6. The molecule has 150 valence electrons. The van der Waals surface area contributed by atoms with Gasteiger partial charge in [0.25, 0.3) is 5.91 Å². The number of nitrogens with zero attached hydrogens (tertiary/aromatic N) is 2. The van der Waals surface area contributed by atoms with E-state index in [1.54, 1.807) is 0 Å². The van der Waals surface area contributed by atoms with E-state index in [-0.39, 0.29) is 23.9 Å². The zero-order chi connectivity index (χ0) is 19.1. The summed E-state index contributed by atoms with van der Waals surface area (Å²) in [4.78, 5) is 31.4. The van der Waals surface area contributed by atoms with Crippen molar-refractivity contribution >= 4 is 11.8 Å². The van der Waals surface area contributed by atoms with Crippen LogP contribution >= 0.6 is 0 Å². The summed E-state index contributed by atoms with van der Waals surface area (Å²) >= 11 is 0. The van der Waals surface area contributed by atoms with E-state index in [1.165, 1.54) is 44.8 Å². The average molecular weight is 376 g/mol. The molecular formula is C21H33N3O3. The van der Waals surface area contributed by atoms with Gasteiger partial charge in [0.2, 0.25) is 11.8 Å². The summed E-state index contributed by atoms with van der Waals surface area (Å²) in [5.74, 6) is 0.454. The molecule has 0 radical (unpaired) electrons. The topological polar surface area (TPSA) is 75.4 Å². The number of nitrogens with one attached hydrogen (secondary N) is 1. The number of rotatable bonds is 7. The Bertz CT molecular complexity index is 616. The van der Waals surface area contributed by atoms with E-state index in [9.17, 15) is 9.59 Å². The second kappa shape index (κ2) is 9.90. The normalized spacial score (nSPS) is 19.0. The van der Waals surface area contributed by atoms with Gasteiger partial charge in [-0.15, -0.1) is 0 Å². The fourth-order valence-electron chi connectivity index (χ4n) is 4.31. The van der Waals surface area contributed by atoms with Crippen LogP contribution in [0, 0.1) is 0 Å². The molecule has 1 aromatic heterocycles. The van der Waals surface area contributed by atoms with E-state index in [1.807, 2.05) is 11.8 Å². The highest BCUT2D eigenvalue weighted by molar-refractivity contribution is 5.92. The third-order valence-corrected chi connectivity index (χ3v) is 5.83. The van der Waals surface area contributed by atoms with Gasteiger partial charge in [-0.1, -0.05) is 45.4 Å². The molecule has 2 aliphatic carbocycles. The SMILES string of the molecule is CCCC(=O)N(Cc1nc(C(=O)NC2CCCCC2)co1)C1CCCCC1. The quantitative estimate of drug-likeness (QED) is 0.775. The summed E-state index contributed by atoms with van der Waals surface area (Å²) in [6, 6.07) is 0.514. The number of hydrogen-bond donors (Lipinski definition) is 1. The number of aromatic nitrogens is 1. The second-order valence-corrected chi connectivity index (χ2v) is 8.00. The molecule has 6 heteroatoms. The third-order valence-electron chi connectivity index (χ3n) is 5.83. The molecule has 0 aromatic carbocycles. The van der Waals surface area contributed by atoms with Crippen LogP contribution in [0.5, 0.6) is 0 Å².